The third-order valence-electron chi connectivity index (χ3n) is 2.56. The molecule has 0 aliphatic heterocycles. The zero-order valence-corrected chi connectivity index (χ0v) is 10.4. The molecule has 0 heterocycles. The zero-order valence-electron chi connectivity index (χ0n) is 10.4. The smallest absolute Gasteiger partial charge is 0.320 e. The summed E-state index contributed by atoms with van der Waals surface area (Å²) < 4.78 is 49.6. The molecule has 0 aliphatic rings. The largest absolute Gasteiger partial charge is 0.383 e. The minimum atomic E-state index is -4.87. The Balaban J connectivity index is 3.13. The molecule has 0 atom stereocenters. The number of alkyl halides is 4. The second-order valence-corrected chi connectivity index (χ2v) is 4.09. The maximum Gasteiger partial charge on any atom is 0.383 e. The molecule has 0 bridgehead atoms. The maximum atomic E-state index is 12.8. The molecule has 0 saturated carbocycles. The number of nitrogens with one attached hydrogen (secondary N) is 1. The molecule has 1 aromatic rings. The van der Waals surface area contributed by atoms with Crippen LogP contribution in [0.3, 0.4) is 0 Å². The maximum absolute atomic E-state index is 12.8. The molecule has 0 aromatic heterocycles. The molecule has 9 heteroatoms. The molecule has 0 spiro atoms. The molecule has 0 radical (unpaired) electrons. The van der Waals surface area contributed by atoms with Crippen LogP contribution in [0.15, 0.2) is 12.1 Å². The lowest BCUT2D eigenvalue weighted by Gasteiger charge is -2.16. The van der Waals surface area contributed by atoms with Gasteiger partial charge in [0.05, 0.1) is 10.6 Å². The lowest BCUT2D eigenvalue weighted by atomic mass is 10.1. The van der Waals surface area contributed by atoms with Crippen molar-refractivity contribution in [3.63, 3.8) is 0 Å². The van der Waals surface area contributed by atoms with E-state index in [-0.39, 0.29) is 16.8 Å². The summed E-state index contributed by atoms with van der Waals surface area (Å²) in [5.74, 6) is -7.08. The number of benzene rings is 1. The summed E-state index contributed by atoms with van der Waals surface area (Å²) in [5.41, 5.74) is -0.225. The predicted molar refractivity (Wildman–Crippen MR) is 62.2 cm³/mol. The highest BCUT2D eigenvalue weighted by Gasteiger charge is 2.49. The molecule has 0 aliphatic carbocycles. The van der Waals surface area contributed by atoms with E-state index in [9.17, 15) is 32.5 Å². The van der Waals surface area contributed by atoms with E-state index >= 15 is 0 Å². The fourth-order valence-corrected chi connectivity index (χ4v) is 1.48. The second-order valence-electron chi connectivity index (χ2n) is 4.09. The van der Waals surface area contributed by atoms with Gasteiger partial charge in [-0.05, 0) is 25.5 Å². The highest BCUT2D eigenvalue weighted by Crippen LogP contribution is 2.29. The minimum absolute atomic E-state index is 0.242. The molecule has 0 unspecified atom stereocenters. The summed E-state index contributed by atoms with van der Waals surface area (Å²) in [6, 6.07) is 2.14. The normalized spacial score (nSPS) is 11.6. The van der Waals surface area contributed by atoms with Gasteiger partial charge in [-0.25, -0.2) is 8.78 Å². The number of nitro groups is 1. The van der Waals surface area contributed by atoms with Crippen LogP contribution in [0.4, 0.5) is 28.9 Å². The summed E-state index contributed by atoms with van der Waals surface area (Å²) in [6.45, 7) is 2.82. The zero-order chi connectivity index (χ0) is 15.7. The topological polar surface area (TPSA) is 72.2 Å². The molecule has 1 amide bonds. The van der Waals surface area contributed by atoms with Gasteiger partial charge in [0.15, 0.2) is 0 Å². The number of halogens is 4. The summed E-state index contributed by atoms with van der Waals surface area (Å²) in [6.07, 6.45) is -4.16. The monoisotopic (exact) mass is 294 g/mol. The van der Waals surface area contributed by atoms with Crippen LogP contribution in [0.25, 0.3) is 0 Å². The Morgan fingerprint density at radius 2 is 1.85 bits per heavy atom. The number of rotatable bonds is 4. The third-order valence-corrected chi connectivity index (χ3v) is 2.56. The van der Waals surface area contributed by atoms with Crippen molar-refractivity contribution >= 4 is 17.3 Å². The highest BCUT2D eigenvalue weighted by atomic mass is 19.3. The van der Waals surface area contributed by atoms with E-state index in [0.717, 1.165) is 6.07 Å². The standard InChI is InChI=1S/C11H10F4N2O3/c1-5-3-6(2)8(17(19)20)4-7(5)16-10(18)11(14,15)9(12)13/h3-4,9H,1-2H3,(H,16,18). The Kier molecular flexibility index (Phi) is 4.31. The van der Waals surface area contributed by atoms with Gasteiger partial charge in [-0.3, -0.25) is 14.9 Å². The number of aryl methyl sites for hydroxylation is 2. The summed E-state index contributed by atoms with van der Waals surface area (Å²) >= 11 is 0. The molecule has 1 aromatic carbocycles. The SMILES string of the molecule is Cc1cc(C)c([N+](=O)[O-])cc1NC(=O)C(F)(F)C(F)F. The van der Waals surface area contributed by atoms with Crippen LogP contribution >= 0.6 is 0 Å². The van der Waals surface area contributed by atoms with E-state index in [1.807, 2.05) is 0 Å². The number of carbonyl (C=O) groups excluding carboxylic acids is 1. The second kappa shape index (κ2) is 5.43. The number of carbonyl (C=O) groups is 1. The van der Waals surface area contributed by atoms with Gasteiger partial charge in [0.25, 0.3) is 5.69 Å². The van der Waals surface area contributed by atoms with Gasteiger partial charge >= 0.3 is 18.3 Å². The Morgan fingerprint density at radius 1 is 1.30 bits per heavy atom. The number of anilines is 1. The molecule has 1 N–H and O–H groups in total. The van der Waals surface area contributed by atoms with Crippen LogP contribution in [0.2, 0.25) is 0 Å². The molecule has 1 rings (SSSR count). The first-order chi connectivity index (χ1) is 9.07. The van der Waals surface area contributed by atoms with Crippen molar-refractivity contribution in [3.8, 4) is 0 Å². The fourth-order valence-electron chi connectivity index (χ4n) is 1.48. The quantitative estimate of drug-likeness (QED) is 0.527. The van der Waals surface area contributed by atoms with Gasteiger partial charge < -0.3 is 5.32 Å². The number of hydrogen-bond donors (Lipinski definition) is 1. The number of nitro benzene ring substituents is 1. The minimum Gasteiger partial charge on any atom is -0.320 e. The van der Waals surface area contributed by atoms with Gasteiger partial charge in [-0.15, -0.1) is 0 Å². The molecule has 0 saturated heterocycles. The number of hydrogen-bond acceptors (Lipinski definition) is 3. The van der Waals surface area contributed by atoms with Crippen molar-refractivity contribution < 1.29 is 27.3 Å². The van der Waals surface area contributed by atoms with Crippen LogP contribution in [0, 0.1) is 24.0 Å². The average Bonchev–Trinajstić information content (AvgIpc) is 2.31. The van der Waals surface area contributed by atoms with E-state index in [2.05, 4.69) is 0 Å². The van der Waals surface area contributed by atoms with E-state index in [0.29, 0.717) is 0 Å². The van der Waals surface area contributed by atoms with E-state index in [4.69, 9.17) is 0 Å². The lowest BCUT2D eigenvalue weighted by molar-refractivity contribution is -0.385. The van der Waals surface area contributed by atoms with Crippen LogP contribution in [-0.4, -0.2) is 23.2 Å². The van der Waals surface area contributed by atoms with Crippen molar-refractivity contribution in [1.29, 1.82) is 0 Å². The van der Waals surface area contributed by atoms with Crippen LogP contribution < -0.4 is 5.32 Å². The number of amides is 1. The Labute approximate surface area is 110 Å². The fraction of sp³-hybridized carbons (Fsp3) is 0.364. The molecule has 0 fully saturated rings. The number of nitrogens with zero attached hydrogens (tertiary/aromatic N) is 1. The van der Waals surface area contributed by atoms with E-state index in [1.165, 1.54) is 19.9 Å². The molecular weight excluding hydrogens is 284 g/mol. The molecule has 5 nitrogen and oxygen atoms in total. The van der Waals surface area contributed by atoms with Crippen molar-refractivity contribution in [2.75, 3.05) is 5.32 Å². The Hall–Kier alpha value is -2.19. The van der Waals surface area contributed by atoms with Gasteiger partial charge in [0.1, 0.15) is 0 Å². The first-order valence-corrected chi connectivity index (χ1v) is 5.30. The predicted octanol–water partition coefficient (Wildman–Crippen LogP) is 3.05. The molecule has 110 valence electrons. The van der Waals surface area contributed by atoms with E-state index < -0.39 is 28.9 Å². The van der Waals surface area contributed by atoms with Crippen molar-refractivity contribution in [2.45, 2.75) is 26.2 Å². The Morgan fingerprint density at radius 3 is 2.30 bits per heavy atom. The van der Waals surface area contributed by atoms with Crippen LogP contribution in [0.1, 0.15) is 11.1 Å². The first-order valence-electron chi connectivity index (χ1n) is 5.30. The molecule has 20 heavy (non-hydrogen) atoms. The van der Waals surface area contributed by atoms with Crippen LogP contribution in [0.5, 0.6) is 0 Å². The summed E-state index contributed by atoms with van der Waals surface area (Å²) in [5, 5.41) is 12.3. The lowest BCUT2D eigenvalue weighted by Crippen LogP contribution is -2.41. The highest BCUT2D eigenvalue weighted by molar-refractivity contribution is 5.97. The van der Waals surface area contributed by atoms with Crippen molar-refractivity contribution in [2.24, 2.45) is 0 Å². The van der Waals surface area contributed by atoms with Crippen LogP contribution in [-0.2, 0) is 4.79 Å². The van der Waals surface area contributed by atoms with Crippen molar-refractivity contribution in [3.05, 3.63) is 33.4 Å². The van der Waals surface area contributed by atoms with Gasteiger partial charge in [-0.2, -0.15) is 8.78 Å². The average molecular weight is 294 g/mol. The summed E-state index contributed by atoms with van der Waals surface area (Å²) in [7, 11) is 0. The Bertz CT molecular complexity index is 561. The first kappa shape index (κ1) is 15.9. The van der Waals surface area contributed by atoms with Gasteiger partial charge in [-0.1, -0.05) is 0 Å². The third kappa shape index (κ3) is 3.03. The molecular formula is C11H10F4N2O3. The van der Waals surface area contributed by atoms with Gasteiger partial charge in [0, 0.05) is 11.6 Å². The van der Waals surface area contributed by atoms with Gasteiger partial charge in [0.2, 0.25) is 0 Å². The summed E-state index contributed by atoms with van der Waals surface area (Å²) in [4.78, 5) is 21.0. The van der Waals surface area contributed by atoms with E-state index in [1.54, 1.807) is 5.32 Å². The van der Waals surface area contributed by atoms with Crippen molar-refractivity contribution in [1.82, 2.24) is 0 Å².